The minimum absolute atomic E-state index is 0. The molecule has 1 aromatic heterocycles. The minimum Gasteiger partial charge on any atom is -0.461 e. The summed E-state index contributed by atoms with van der Waals surface area (Å²) in [5.41, 5.74) is 2.40. The van der Waals surface area contributed by atoms with Crippen LogP contribution in [0.2, 0.25) is 0 Å². The summed E-state index contributed by atoms with van der Waals surface area (Å²) >= 11 is 1.12. The normalized spacial score (nSPS) is 17.9. The second-order valence-corrected chi connectivity index (χ2v) is 10.0. The number of benzene rings is 1. The summed E-state index contributed by atoms with van der Waals surface area (Å²) in [5, 5.41) is 5.74. The SMILES string of the molecule is CC1=C2SC(C(=O)NCc3ccncc3)=C[N+]2(Cc2ccc(C(=O)OCCN(C)C)cc2)C(=O)NC1=O.Cl.Cl. The lowest BCUT2D eigenvalue weighted by Gasteiger charge is -2.32. The van der Waals surface area contributed by atoms with Gasteiger partial charge in [0.15, 0.2) is 5.03 Å². The van der Waals surface area contributed by atoms with Crippen LogP contribution in [0, 0.1) is 0 Å². The topological polar surface area (TPSA) is 118 Å². The fourth-order valence-electron chi connectivity index (χ4n) is 3.89. The fourth-order valence-corrected chi connectivity index (χ4v) is 5.10. The molecule has 0 bridgehead atoms. The number of amides is 4. The van der Waals surface area contributed by atoms with Crippen molar-refractivity contribution in [3.8, 4) is 0 Å². The Morgan fingerprint density at radius 3 is 2.36 bits per heavy atom. The van der Waals surface area contributed by atoms with E-state index in [1.165, 1.54) is 0 Å². The van der Waals surface area contributed by atoms with Crippen LogP contribution in [-0.4, -0.2) is 65.4 Å². The summed E-state index contributed by atoms with van der Waals surface area (Å²) in [6.07, 6.45) is 4.87. The number of imide groups is 1. The minimum atomic E-state index is -0.540. The molecule has 0 saturated heterocycles. The standard InChI is InChI=1S/C26H27N5O5S.2ClH/c1-17-22(32)29-26(35)31(15-19-4-6-20(7-5-19)25(34)36-13-12-30(2)3)16-21(37-24(17)31)23(33)28-14-18-8-10-27-11-9-18;;/h4-11,16H,12-15H2,1-3H3,(H-,28,29,32,33,35);2*1H/p+1. The van der Waals surface area contributed by atoms with Crippen molar-refractivity contribution in [2.75, 3.05) is 27.2 Å². The van der Waals surface area contributed by atoms with E-state index in [2.05, 4.69) is 15.6 Å². The Labute approximate surface area is 243 Å². The molecule has 3 heterocycles. The van der Waals surface area contributed by atoms with Crippen molar-refractivity contribution in [2.45, 2.75) is 20.0 Å². The first kappa shape index (κ1) is 32.0. The van der Waals surface area contributed by atoms with Crippen molar-refractivity contribution in [3.63, 3.8) is 0 Å². The van der Waals surface area contributed by atoms with Gasteiger partial charge in [0.2, 0.25) is 0 Å². The van der Waals surface area contributed by atoms with Crippen molar-refractivity contribution >= 4 is 60.4 Å². The molecule has 1 unspecified atom stereocenters. The van der Waals surface area contributed by atoms with Crippen LogP contribution in [0.3, 0.4) is 0 Å². The number of rotatable bonds is 9. The molecule has 0 saturated carbocycles. The molecule has 4 rings (SSSR count). The average molecular weight is 596 g/mol. The molecular weight excluding hydrogens is 565 g/mol. The lowest BCUT2D eigenvalue weighted by Crippen LogP contribution is -2.56. The Morgan fingerprint density at radius 1 is 1.05 bits per heavy atom. The van der Waals surface area contributed by atoms with Crippen LogP contribution in [0.25, 0.3) is 0 Å². The van der Waals surface area contributed by atoms with E-state index in [-0.39, 0.29) is 48.4 Å². The maximum Gasteiger partial charge on any atom is 0.434 e. The average Bonchev–Trinajstić information content (AvgIpc) is 3.28. The molecule has 2 N–H and O–H groups in total. The Kier molecular flexibility index (Phi) is 11.3. The smallest absolute Gasteiger partial charge is 0.434 e. The number of ether oxygens (including phenoxy) is 1. The highest BCUT2D eigenvalue weighted by molar-refractivity contribution is 8.07. The van der Waals surface area contributed by atoms with E-state index >= 15 is 0 Å². The molecule has 1 atom stereocenters. The molecule has 0 spiro atoms. The van der Waals surface area contributed by atoms with Crippen molar-refractivity contribution < 1.29 is 28.4 Å². The molecule has 2 aliphatic heterocycles. The maximum atomic E-state index is 13.2. The number of halogens is 2. The summed E-state index contributed by atoms with van der Waals surface area (Å²) in [7, 11) is 3.79. The Bertz CT molecular complexity index is 1300. The number of carbonyl (C=O) groups is 4. The van der Waals surface area contributed by atoms with Crippen molar-refractivity contribution in [3.05, 3.63) is 87.2 Å². The molecule has 208 valence electrons. The highest BCUT2D eigenvalue weighted by Crippen LogP contribution is 2.47. The van der Waals surface area contributed by atoms with Gasteiger partial charge in [0.05, 0.1) is 11.1 Å². The van der Waals surface area contributed by atoms with Crippen molar-refractivity contribution in [1.82, 2.24) is 20.5 Å². The van der Waals surface area contributed by atoms with Gasteiger partial charge in [0.1, 0.15) is 24.3 Å². The van der Waals surface area contributed by atoms with Gasteiger partial charge in [-0.1, -0.05) is 12.1 Å². The number of hydrogen-bond acceptors (Lipinski definition) is 8. The number of quaternary nitrogens is 1. The van der Waals surface area contributed by atoms with Crippen LogP contribution in [-0.2, 0) is 27.4 Å². The van der Waals surface area contributed by atoms with E-state index in [4.69, 9.17) is 4.74 Å². The number of fused-ring (bicyclic) bond motifs is 1. The summed E-state index contributed by atoms with van der Waals surface area (Å²) in [6, 6.07) is 9.83. The molecule has 0 aliphatic carbocycles. The largest absolute Gasteiger partial charge is 0.461 e. The highest BCUT2D eigenvalue weighted by atomic mass is 35.5. The number of nitrogens with zero attached hydrogens (tertiary/aromatic N) is 3. The Morgan fingerprint density at radius 2 is 1.72 bits per heavy atom. The highest BCUT2D eigenvalue weighted by Gasteiger charge is 2.53. The van der Waals surface area contributed by atoms with Crippen molar-refractivity contribution in [1.29, 1.82) is 0 Å². The van der Waals surface area contributed by atoms with Crippen molar-refractivity contribution in [2.24, 2.45) is 0 Å². The van der Waals surface area contributed by atoms with Crippen LogP contribution in [0.5, 0.6) is 0 Å². The first-order valence-electron chi connectivity index (χ1n) is 11.6. The quantitative estimate of drug-likeness (QED) is 0.335. The van der Waals surface area contributed by atoms with E-state index in [0.717, 1.165) is 22.9 Å². The zero-order chi connectivity index (χ0) is 26.6. The van der Waals surface area contributed by atoms with Crippen LogP contribution in [0.4, 0.5) is 4.79 Å². The number of aromatic nitrogens is 1. The number of urea groups is 1. The van der Waals surface area contributed by atoms with Gasteiger partial charge in [-0.15, -0.1) is 24.8 Å². The van der Waals surface area contributed by atoms with Crippen LogP contribution in [0.15, 0.2) is 70.5 Å². The van der Waals surface area contributed by atoms with Gasteiger partial charge in [0, 0.05) is 31.0 Å². The number of thioether (sulfide) groups is 1. The lowest BCUT2D eigenvalue weighted by atomic mass is 10.1. The van der Waals surface area contributed by atoms with E-state index in [9.17, 15) is 19.2 Å². The van der Waals surface area contributed by atoms with E-state index in [0.29, 0.717) is 34.2 Å². The number of likely N-dealkylation sites (N-methyl/N-ethyl adjacent to an activating group) is 1. The molecule has 0 fully saturated rings. The number of esters is 1. The molecule has 4 amide bonds. The van der Waals surface area contributed by atoms with Crippen LogP contribution in [0.1, 0.15) is 28.4 Å². The van der Waals surface area contributed by atoms with Gasteiger partial charge in [-0.25, -0.2) is 14.9 Å². The first-order chi connectivity index (χ1) is 17.7. The number of carbonyl (C=O) groups excluding carboxylic acids is 4. The van der Waals surface area contributed by atoms with Gasteiger partial charge in [-0.05, 0) is 62.6 Å². The zero-order valence-corrected chi connectivity index (χ0v) is 24.1. The molecule has 2 aromatic rings. The molecule has 0 radical (unpaired) electrons. The fraction of sp³-hybridized carbons (Fsp3) is 0.269. The zero-order valence-electron chi connectivity index (χ0n) is 21.6. The maximum absolute atomic E-state index is 13.2. The predicted molar refractivity (Wildman–Crippen MR) is 152 cm³/mol. The molecule has 2 aliphatic rings. The molecule has 39 heavy (non-hydrogen) atoms. The first-order valence-corrected chi connectivity index (χ1v) is 12.4. The van der Waals surface area contributed by atoms with E-state index in [1.807, 2.05) is 19.0 Å². The Balaban J connectivity index is 0.00000267. The third-order valence-electron chi connectivity index (χ3n) is 5.97. The lowest BCUT2D eigenvalue weighted by molar-refractivity contribution is -0.762. The van der Waals surface area contributed by atoms with Crippen LogP contribution >= 0.6 is 36.6 Å². The summed E-state index contributed by atoms with van der Waals surface area (Å²) < 4.78 is 4.94. The van der Waals surface area contributed by atoms with E-state index < -0.39 is 17.9 Å². The third kappa shape index (κ3) is 7.25. The number of hydrogen-bond donors (Lipinski definition) is 2. The summed E-state index contributed by atoms with van der Waals surface area (Å²) in [5.74, 6) is -1.25. The molecular formula is C26H30Cl2N5O5S+. The molecule has 13 heteroatoms. The van der Waals surface area contributed by atoms with Crippen LogP contribution < -0.4 is 10.6 Å². The number of pyridine rings is 1. The molecule has 10 nitrogen and oxygen atoms in total. The monoisotopic (exact) mass is 594 g/mol. The van der Waals surface area contributed by atoms with Gasteiger partial charge < -0.3 is 15.0 Å². The Hall–Kier alpha value is -3.22. The number of nitrogens with one attached hydrogen (secondary N) is 2. The summed E-state index contributed by atoms with van der Waals surface area (Å²) in [4.78, 5) is 57.1. The van der Waals surface area contributed by atoms with Gasteiger partial charge in [0.25, 0.3) is 11.8 Å². The predicted octanol–water partition coefficient (Wildman–Crippen LogP) is 3.35. The van der Waals surface area contributed by atoms with E-state index in [1.54, 1.807) is 61.9 Å². The van der Waals surface area contributed by atoms with Gasteiger partial charge in [-0.2, -0.15) is 4.48 Å². The second-order valence-electron chi connectivity index (χ2n) is 8.99. The molecule has 1 aromatic carbocycles. The summed E-state index contributed by atoms with van der Waals surface area (Å²) in [6.45, 7) is 3.00. The van der Waals surface area contributed by atoms with Gasteiger partial charge in [-0.3, -0.25) is 14.6 Å². The van der Waals surface area contributed by atoms with Gasteiger partial charge >= 0.3 is 12.0 Å². The third-order valence-corrected chi connectivity index (χ3v) is 7.31. The second kappa shape index (κ2) is 13.7.